The predicted molar refractivity (Wildman–Crippen MR) is 59.0 cm³/mol. The average Bonchev–Trinajstić information content (AvgIpc) is 3.00. The maximum Gasteiger partial charge on any atom is 0.240 e. The minimum absolute atomic E-state index is 0.0732. The van der Waals surface area contributed by atoms with E-state index in [1.165, 1.54) is 0 Å². The highest BCUT2D eigenvalue weighted by Gasteiger charge is 2.42. The van der Waals surface area contributed by atoms with Crippen LogP contribution in [0.15, 0.2) is 0 Å². The van der Waals surface area contributed by atoms with Crippen molar-refractivity contribution < 1.29 is 4.79 Å². The van der Waals surface area contributed by atoms with Gasteiger partial charge in [0.05, 0.1) is 6.07 Å². The van der Waals surface area contributed by atoms with Crippen molar-refractivity contribution in [3.05, 3.63) is 0 Å². The van der Waals surface area contributed by atoms with Gasteiger partial charge in [0.15, 0.2) is 0 Å². The molecular weight excluding hydrogens is 188 g/mol. The Morgan fingerprint density at radius 2 is 2.07 bits per heavy atom. The van der Waals surface area contributed by atoms with Crippen LogP contribution >= 0.6 is 0 Å². The van der Waals surface area contributed by atoms with Crippen LogP contribution < -0.4 is 5.32 Å². The van der Waals surface area contributed by atoms with Crippen molar-refractivity contribution in [2.24, 2.45) is 11.3 Å². The minimum atomic E-state index is -0.805. The van der Waals surface area contributed by atoms with Gasteiger partial charge in [0, 0.05) is 6.04 Å². The molecule has 1 rings (SSSR count). The Hall–Kier alpha value is -1.04. The largest absolute Gasteiger partial charge is 0.352 e. The fourth-order valence-electron chi connectivity index (χ4n) is 1.96. The van der Waals surface area contributed by atoms with Gasteiger partial charge in [-0.05, 0) is 25.2 Å². The van der Waals surface area contributed by atoms with Gasteiger partial charge in [-0.25, -0.2) is 0 Å². The first-order chi connectivity index (χ1) is 7.13. The number of rotatable bonds is 5. The van der Waals surface area contributed by atoms with Crippen LogP contribution in [0.3, 0.4) is 0 Å². The van der Waals surface area contributed by atoms with Crippen molar-refractivity contribution in [1.29, 1.82) is 5.26 Å². The number of hydrogen-bond acceptors (Lipinski definition) is 2. The third-order valence-electron chi connectivity index (χ3n) is 3.62. The lowest BCUT2D eigenvalue weighted by Crippen LogP contribution is -2.40. The summed E-state index contributed by atoms with van der Waals surface area (Å²) >= 11 is 0. The zero-order chi connectivity index (χ0) is 11.5. The van der Waals surface area contributed by atoms with Crippen LogP contribution in [0.1, 0.15) is 46.5 Å². The summed E-state index contributed by atoms with van der Waals surface area (Å²) in [5.41, 5.74) is -0.805. The highest BCUT2D eigenvalue weighted by molar-refractivity contribution is 5.85. The monoisotopic (exact) mass is 208 g/mol. The van der Waals surface area contributed by atoms with E-state index >= 15 is 0 Å². The second kappa shape index (κ2) is 4.65. The molecule has 1 aliphatic rings. The van der Waals surface area contributed by atoms with Gasteiger partial charge >= 0.3 is 0 Å². The number of amides is 1. The van der Waals surface area contributed by atoms with Crippen LogP contribution in [0.5, 0.6) is 0 Å². The van der Waals surface area contributed by atoms with E-state index in [2.05, 4.69) is 18.3 Å². The number of carbonyl (C=O) groups excluding carboxylic acids is 1. The van der Waals surface area contributed by atoms with Gasteiger partial charge in [0.25, 0.3) is 0 Å². The molecule has 0 heterocycles. The first-order valence-electron chi connectivity index (χ1n) is 5.85. The molecule has 0 aromatic heterocycles. The van der Waals surface area contributed by atoms with E-state index < -0.39 is 5.41 Å². The van der Waals surface area contributed by atoms with E-state index in [0.717, 1.165) is 12.8 Å². The van der Waals surface area contributed by atoms with E-state index in [0.29, 0.717) is 24.8 Å². The fraction of sp³-hybridized carbons (Fsp3) is 0.833. The van der Waals surface area contributed by atoms with Crippen LogP contribution in [0, 0.1) is 22.7 Å². The van der Waals surface area contributed by atoms with Crippen molar-refractivity contribution in [3.8, 4) is 6.07 Å². The fourth-order valence-corrected chi connectivity index (χ4v) is 1.96. The molecule has 1 aliphatic carbocycles. The third kappa shape index (κ3) is 2.31. The summed E-state index contributed by atoms with van der Waals surface area (Å²) in [4.78, 5) is 11.9. The molecule has 1 N–H and O–H groups in total. The van der Waals surface area contributed by atoms with Gasteiger partial charge in [0.1, 0.15) is 5.41 Å². The smallest absolute Gasteiger partial charge is 0.240 e. The molecule has 3 heteroatoms. The van der Waals surface area contributed by atoms with Gasteiger partial charge in [-0.3, -0.25) is 4.79 Å². The number of carbonyl (C=O) groups is 1. The maximum atomic E-state index is 11.9. The molecule has 0 radical (unpaired) electrons. The molecule has 0 aromatic rings. The molecule has 0 aromatic carbocycles. The first kappa shape index (κ1) is 12.0. The Bertz CT molecular complexity index is 276. The lowest BCUT2D eigenvalue weighted by atomic mass is 9.83. The Kier molecular flexibility index (Phi) is 3.73. The van der Waals surface area contributed by atoms with Crippen LogP contribution in [-0.4, -0.2) is 11.9 Å². The zero-order valence-corrected chi connectivity index (χ0v) is 9.84. The quantitative estimate of drug-likeness (QED) is 0.753. The molecule has 0 saturated heterocycles. The molecule has 0 spiro atoms. The number of nitriles is 1. The minimum Gasteiger partial charge on any atom is -0.352 e. The predicted octanol–water partition coefficient (Wildman–Crippen LogP) is 2.23. The molecule has 84 valence electrons. The van der Waals surface area contributed by atoms with Crippen LogP contribution in [-0.2, 0) is 4.79 Å². The zero-order valence-electron chi connectivity index (χ0n) is 9.84. The standard InChI is InChI=1S/C12H20N2O/c1-4-9-7-10(9)14-11(15)12(5-2,6-3)8-13/h9-10H,4-7H2,1-3H3,(H,14,15). The molecule has 2 unspecified atom stereocenters. The number of nitrogens with zero attached hydrogens (tertiary/aromatic N) is 1. The van der Waals surface area contributed by atoms with Crippen molar-refractivity contribution in [3.63, 3.8) is 0 Å². The molecule has 15 heavy (non-hydrogen) atoms. The average molecular weight is 208 g/mol. The SMILES string of the molecule is CCC1CC1NC(=O)C(C#N)(CC)CC. The summed E-state index contributed by atoms with van der Waals surface area (Å²) < 4.78 is 0. The Labute approximate surface area is 91.9 Å². The third-order valence-corrected chi connectivity index (χ3v) is 3.62. The molecule has 0 bridgehead atoms. The van der Waals surface area contributed by atoms with Crippen LogP contribution in [0.2, 0.25) is 0 Å². The molecule has 1 saturated carbocycles. The molecule has 2 atom stereocenters. The Morgan fingerprint density at radius 3 is 2.40 bits per heavy atom. The summed E-state index contributed by atoms with van der Waals surface area (Å²) in [6.45, 7) is 5.93. The summed E-state index contributed by atoms with van der Waals surface area (Å²) in [5, 5.41) is 12.1. The molecule has 3 nitrogen and oxygen atoms in total. The second-order valence-electron chi connectivity index (χ2n) is 4.39. The van der Waals surface area contributed by atoms with E-state index in [4.69, 9.17) is 5.26 Å². The van der Waals surface area contributed by atoms with Gasteiger partial charge < -0.3 is 5.32 Å². The molecule has 0 aliphatic heterocycles. The first-order valence-corrected chi connectivity index (χ1v) is 5.85. The van der Waals surface area contributed by atoms with Crippen molar-refractivity contribution in [1.82, 2.24) is 5.32 Å². The van der Waals surface area contributed by atoms with E-state index in [1.807, 2.05) is 13.8 Å². The van der Waals surface area contributed by atoms with Gasteiger partial charge in [0.2, 0.25) is 5.91 Å². The maximum absolute atomic E-state index is 11.9. The summed E-state index contributed by atoms with van der Waals surface area (Å²) in [5.74, 6) is 0.565. The molecule has 1 amide bonds. The summed E-state index contributed by atoms with van der Waals surface area (Å²) in [7, 11) is 0. The van der Waals surface area contributed by atoms with Crippen LogP contribution in [0.4, 0.5) is 0 Å². The van der Waals surface area contributed by atoms with E-state index in [-0.39, 0.29) is 5.91 Å². The summed E-state index contributed by atoms with van der Waals surface area (Å²) in [6.07, 6.45) is 3.38. The summed E-state index contributed by atoms with van der Waals surface area (Å²) in [6, 6.07) is 2.50. The lowest BCUT2D eigenvalue weighted by Gasteiger charge is -2.22. The van der Waals surface area contributed by atoms with Gasteiger partial charge in [-0.15, -0.1) is 0 Å². The Morgan fingerprint density at radius 1 is 1.47 bits per heavy atom. The number of nitrogens with one attached hydrogen (secondary N) is 1. The highest BCUT2D eigenvalue weighted by Crippen LogP contribution is 2.35. The topological polar surface area (TPSA) is 52.9 Å². The van der Waals surface area contributed by atoms with Gasteiger partial charge in [-0.1, -0.05) is 27.2 Å². The van der Waals surface area contributed by atoms with Crippen molar-refractivity contribution >= 4 is 5.91 Å². The second-order valence-corrected chi connectivity index (χ2v) is 4.39. The van der Waals surface area contributed by atoms with Crippen LogP contribution in [0.25, 0.3) is 0 Å². The lowest BCUT2D eigenvalue weighted by molar-refractivity contribution is -0.128. The highest BCUT2D eigenvalue weighted by atomic mass is 16.2. The van der Waals surface area contributed by atoms with Crippen molar-refractivity contribution in [2.75, 3.05) is 0 Å². The Balaban J connectivity index is 2.55. The van der Waals surface area contributed by atoms with Gasteiger partial charge in [-0.2, -0.15) is 5.26 Å². The number of hydrogen-bond donors (Lipinski definition) is 1. The van der Waals surface area contributed by atoms with E-state index in [1.54, 1.807) is 0 Å². The molecular formula is C12H20N2O. The normalized spacial score (nSPS) is 24.4. The van der Waals surface area contributed by atoms with E-state index in [9.17, 15) is 4.79 Å². The molecule has 1 fully saturated rings. The van der Waals surface area contributed by atoms with Crippen molar-refractivity contribution in [2.45, 2.75) is 52.5 Å².